The van der Waals surface area contributed by atoms with Crippen molar-refractivity contribution in [3.63, 3.8) is 0 Å². The Labute approximate surface area is 90.9 Å². The summed E-state index contributed by atoms with van der Waals surface area (Å²) in [6.45, 7) is 4.84. The van der Waals surface area contributed by atoms with Gasteiger partial charge in [-0.15, -0.1) is 0 Å². The molecular weight excluding hydrogens is 188 g/mol. The quantitative estimate of drug-likeness (QED) is 0.777. The number of urea groups is 1. The number of amides is 2. The smallest absolute Gasteiger partial charge is 0.314 e. The standard InChI is InChI=1S/C12H18N2O/c1-9-4-5-10(2)11(8-9)6-7-14-12(15)13-3/h4-5,8H,6-7H2,1-3H3,(H2,13,14,15). The fourth-order valence-electron chi connectivity index (χ4n) is 1.47. The van der Waals surface area contributed by atoms with Gasteiger partial charge in [-0.05, 0) is 31.4 Å². The van der Waals surface area contributed by atoms with Crippen molar-refractivity contribution in [2.75, 3.05) is 13.6 Å². The first kappa shape index (κ1) is 11.6. The van der Waals surface area contributed by atoms with Gasteiger partial charge in [0.25, 0.3) is 0 Å². The van der Waals surface area contributed by atoms with Crippen molar-refractivity contribution < 1.29 is 4.79 Å². The lowest BCUT2D eigenvalue weighted by atomic mass is 10.0. The molecule has 0 bridgehead atoms. The normalized spacial score (nSPS) is 9.80. The maximum Gasteiger partial charge on any atom is 0.314 e. The third kappa shape index (κ3) is 3.62. The summed E-state index contributed by atoms with van der Waals surface area (Å²) in [4.78, 5) is 10.9. The van der Waals surface area contributed by atoms with E-state index in [4.69, 9.17) is 0 Å². The highest BCUT2D eigenvalue weighted by Gasteiger charge is 2.00. The van der Waals surface area contributed by atoms with Gasteiger partial charge in [-0.1, -0.05) is 23.8 Å². The van der Waals surface area contributed by atoms with Gasteiger partial charge in [-0.2, -0.15) is 0 Å². The van der Waals surface area contributed by atoms with Crippen LogP contribution in [0, 0.1) is 13.8 Å². The van der Waals surface area contributed by atoms with Crippen LogP contribution in [0.25, 0.3) is 0 Å². The Bertz CT molecular complexity index is 347. The molecule has 0 saturated heterocycles. The number of hydrogen-bond donors (Lipinski definition) is 2. The maximum atomic E-state index is 10.9. The van der Waals surface area contributed by atoms with E-state index < -0.39 is 0 Å². The number of hydrogen-bond acceptors (Lipinski definition) is 1. The van der Waals surface area contributed by atoms with Gasteiger partial charge in [0.05, 0.1) is 0 Å². The van der Waals surface area contributed by atoms with Crippen LogP contribution in [-0.4, -0.2) is 19.6 Å². The number of nitrogens with one attached hydrogen (secondary N) is 2. The summed E-state index contributed by atoms with van der Waals surface area (Å²) in [5.74, 6) is 0. The fourth-order valence-corrected chi connectivity index (χ4v) is 1.47. The highest BCUT2D eigenvalue weighted by molar-refractivity contribution is 5.73. The summed E-state index contributed by atoms with van der Waals surface area (Å²) in [7, 11) is 1.62. The van der Waals surface area contributed by atoms with E-state index in [1.165, 1.54) is 16.7 Å². The van der Waals surface area contributed by atoms with Crippen molar-refractivity contribution in [3.8, 4) is 0 Å². The molecule has 15 heavy (non-hydrogen) atoms. The Morgan fingerprint density at radius 3 is 2.73 bits per heavy atom. The van der Waals surface area contributed by atoms with Gasteiger partial charge in [0.15, 0.2) is 0 Å². The molecule has 2 amide bonds. The molecule has 2 N–H and O–H groups in total. The van der Waals surface area contributed by atoms with E-state index in [0.29, 0.717) is 6.54 Å². The maximum absolute atomic E-state index is 10.9. The van der Waals surface area contributed by atoms with Crippen molar-refractivity contribution in [1.29, 1.82) is 0 Å². The van der Waals surface area contributed by atoms with Gasteiger partial charge in [0.2, 0.25) is 0 Å². The lowest BCUT2D eigenvalue weighted by Gasteiger charge is -2.08. The first-order valence-corrected chi connectivity index (χ1v) is 5.15. The second-order valence-electron chi connectivity index (χ2n) is 3.69. The number of benzene rings is 1. The monoisotopic (exact) mass is 206 g/mol. The molecule has 0 aliphatic rings. The van der Waals surface area contributed by atoms with E-state index in [0.717, 1.165) is 6.42 Å². The third-order valence-corrected chi connectivity index (χ3v) is 2.41. The Hall–Kier alpha value is -1.51. The van der Waals surface area contributed by atoms with E-state index in [2.05, 4.69) is 42.7 Å². The lowest BCUT2D eigenvalue weighted by Crippen LogP contribution is -2.34. The first-order chi connectivity index (χ1) is 7.13. The number of carbonyl (C=O) groups excluding carboxylic acids is 1. The van der Waals surface area contributed by atoms with E-state index in [1.807, 2.05) is 0 Å². The molecule has 3 nitrogen and oxygen atoms in total. The number of carbonyl (C=O) groups is 1. The molecule has 0 aliphatic carbocycles. The molecule has 0 unspecified atom stereocenters. The molecule has 0 aliphatic heterocycles. The minimum absolute atomic E-state index is 0.125. The summed E-state index contributed by atoms with van der Waals surface area (Å²) in [5, 5.41) is 5.30. The topological polar surface area (TPSA) is 41.1 Å². The first-order valence-electron chi connectivity index (χ1n) is 5.15. The molecule has 0 atom stereocenters. The highest BCUT2D eigenvalue weighted by Crippen LogP contribution is 2.10. The second-order valence-corrected chi connectivity index (χ2v) is 3.69. The fraction of sp³-hybridized carbons (Fsp3) is 0.417. The van der Waals surface area contributed by atoms with Crippen molar-refractivity contribution in [3.05, 3.63) is 34.9 Å². The predicted molar refractivity (Wildman–Crippen MR) is 62.1 cm³/mol. The molecule has 0 saturated carbocycles. The lowest BCUT2D eigenvalue weighted by molar-refractivity contribution is 0.243. The van der Waals surface area contributed by atoms with Crippen LogP contribution >= 0.6 is 0 Å². The van der Waals surface area contributed by atoms with Crippen LogP contribution in [0.5, 0.6) is 0 Å². The van der Waals surface area contributed by atoms with Crippen LogP contribution < -0.4 is 10.6 Å². The van der Waals surface area contributed by atoms with Gasteiger partial charge in [-0.25, -0.2) is 4.79 Å². The summed E-state index contributed by atoms with van der Waals surface area (Å²) in [6.07, 6.45) is 0.876. The van der Waals surface area contributed by atoms with Gasteiger partial charge in [-0.3, -0.25) is 0 Å². The minimum Gasteiger partial charge on any atom is -0.341 e. The highest BCUT2D eigenvalue weighted by atomic mass is 16.2. The number of aryl methyl sites for hydroxylation is 2. The van der Waals surface area contributed by atoms with Gasteiger partial charge in [0.1, 0.15) is 0 Å². The third-order valence-electron chi connectivity index (χ3n) is 2.41. The molecule has 0 radical (unpaired) electrons. The zero-order valence-corrected chi connectivity index (χ0v) is 9.55. The average Bonchev–Trinajstić information content (AvgIpc) is 2.23. The molecule has 0 fully saturated rings. The Kier molecular flexibility index (Phi) is 4.16. The molecule has 1 aromatic rings. The Morgan fingerprint density at radius 2 is 2.07 bits per heavy atom. The van der Waals surface area contributed by atoms with E-state index in [-0.39, 0.29) is 6.03 Å². The van der Waals surface area contributed by atoms with Crippen LogP contribution in [0.1, 0.15) is 16.7 Å². The average molecular weight is 206 g/mol. The van der Waals surface area contributed by atoms with Crippen molar-refractivity contribution in [2.45, 2.75) is 20.3 Å². The summed E-state index contributed by atoms with van der Waals surface area (Å²) in [5.41, 5.74) is 3.83. The van der Waals surface area contributed by atoms with Crippen LogP contribution in [0.15, 0.2) is 18.2 Å². The molecule has 82 valence electrons. The molecular formula is C12H18N2O. The van der Waals surface area contributed by atoms with Gasteiger partial charge >= 0.3 is 6.03 Å². The molecule has 3 heteroatoms. The molecule has 1 rings (SSSR count). The van der Waals surface area contributed by atoms with Crippen molar-refractivity contribution >= 4 is 6.03 Å². The zero-order valence-electron chi connectivity index (χ0n) is 9.55. The Morgan fingerprint density at radius 1 is 1.33 bits per heavy atom. The van der Waals surface area contributed by atoms with Crippen LogP contribution in [0.4, 0.5) is 4.79 Å². The predicted octanol–water partition coefficient (Wildman–Crippen LogP) is 1.77. The largest absolute Gasteiger partial charge is 0.341 e. The molecule has 0 heterocycles. The SMILES string of the molecule is CNC(=O)NCCc1cc(C)ccc1C. The second kappa shape index (κ2) is 5.39. The van der Waals surface area contributed by atoms with Crippen LogP contribution in [0.2, 0.25) is 0 Å². The van der Waals surface area contributed by atoms with Gasteiger partial charge in [0, 0.05) is 13.6 Å². The van der Waals surface area contributed by atoms with Crippen molar-refractivity contribution in [2.24, 2.45) is 0 Å². The molecule has 0 spiro atoms. The summed E-state index contributed by atoms with van der Waals surface area (Å²) >= 11 is 0. The van der Waals surface area contributed by atoms with E-state index >= 15 is 0 Å². The van der Waals surface area contributed by atoms with E-state index in [9.17, 15) is 4.79 Å². The number of rotatable bonds is 3. The molecule has 1 aromatic carbocycles. The summed E-state index contributed by atoms with van der Waals surface area (Å²) < 4.78 is 0. The van der Waals surface area contributed by atoms with Crippen LogP contribution in [-0.2, 0) is 6.42 Å². The molecule has 0 aromatic heterocycles. The van der Waals surface area contributed by atoms with Gasteiger partial charge < -0.3 is 10.6 Å². The van der Waals surface area contributed by atoms with Crippen molar-refractivity contribution in [1.82, 2.24) is 10.6 Å². The minimum atomic E-state index is -0.125. The summed E-state index contributed by atoms with van der Waals surface area (Å²) in [6, 6.07) is 6.26. The van der Waals surface area contributed by atoms with Crippen LogP contribution in [0.3, 0.4) is 0 Å². The Balaban J connectivity index is 2.50. The van der Waals surface area contributed by atoms with E-state index in [1.54, 1.807) is 7.05 Å². The zero-order chi connectivity index (χ0) is 11.3.